The van der Waals surface area contributed by atoms with Crippen LogP contribution in [0.5, 0.6) is 11.5 Å². The Bertz CT molecular complexity index is 606. The molecule has 0 fully saturated rings. The monoisotopic (exact) mass is 264 g/mol. The first-order valence-corrected chi connectivity index (χ1v) is 5.77. The van der Waals surface area contributed by atoms with Gasteiger partial charge in [-0.05, 0) is 11.6 Å². The van der Waals surface area contributed by atoms with Gasteiger partial charge in [-0.2, -0.15) is 0 Å². The number of methoxy groups -OCH3 is 2. The van der Waals surface area contributed by atoms with Crippen LogP contribution in [0.1, 0.15) is 5.56 Å². The number of nitrogens with one attached hydrogen (secondary N) is 1. The predicted molar refractivity (Wildman–Crippen MR) is 70.7 cm³/mol. The van der Waals surface area contributed by atoms with E-state index in [4.69, 9.17) is 20.3 Å². The van der Waals surface area contributed by atoms with E-state index in [9.17, 15) is 4.79 Å². The highest BCUT2D eigenvalue weighted by atomic mass is 16.5. The number of benzene rings is 1. The Balaban J connectivity index is 2.44. The Morgan fingerprint density at radius 2 is 2.00 bits per heavy atom. The first-order valence-electron chi connectivity index (χ1n) is 5.77. The van der Waals surface area contributed by atoms with Crippen LogP contribution in [-0.2, 0) is 11.2 Å². The van der Waals surface area contributed by atoms with E-state index >= 15 is 0 Å². The molecule has 0 saturated carbocycles. The number of carboxylic acid groups (broad SMARTS) is 1. The standard InChI is InChI=1S/C13H16N2O4/c1-18-11-4-8-7(3-9(14)13(16)17)6-15-10(8)5-12(11)19-2/h4-6,9,15H,3,14H2,1-2H3,(H,16,17)/t9-/m0/s1. The number of aromatic amines is 1. The number of nitrogens with two attached hydrogens (primary N) is 1. The fourth-order valence-corrected chi connectivity index (χ4v) is 2.00. The Morgan fingerprint density at radius 1 is 1.37 bits per heavy atom. The summed E-state index contributed by atoms with van der Waals surface area (Å²) in [6.45, 7) is 0. The van der Waals surface area contributed by atoms with Gasteiger partial charge in [-0.1, -0.05) is 0 Å². The highest BCUT2D eigenvalue weighted by Crippen LogP contribution is 2.33. The summed E-state index contributed by atoms with van der Waals surface area (Å²) in [5.41, 5.74) is 7.25. The topological polar surface area (TPSA) is 97.6 Å². The third kappa shape index (κ3) is 2.48. The number of fused-ring (bicyclic) bond motifs is 1. The van der Waals surface area contributed by atoms with Gasteiger partial charge in [0.2, 0.25) is 0 Å². The first-order chi connectivity index (χ1) is 9.06. The molecule has 0 amide bonds. The van der Waals surface area contributed by atoms with Gasteiger partial charge < -0.3 is 25.3 Å². The minimum absolute atomic E-state index is 0.255. The van der Waals surface area contributed by atoms with Gasteiger partial charge in [0.05, 0.1) is 14.2 Å². The second-order valence-electron chi connectivity index (χ2n) is 4.22. The Labute approximate surface area is 110 Å². The van der Waals surface area contributed by atoms with E-state index in [1.54, 1.807) is 20.4 Å². The number of aliphatic carboxylic acids is 1. The van der Waals surface area contributed by atoms with Crippen LogP contribution in [0, 0.1) is 0 Å². The molecule has 4 N–H and O–H groups in total. The summed E-state index contributed by atoms with van der Waals surface area (Å²) in [4.78, 5) is 13.9. The molecule has 6 heteroatoms. The summed E-state index contributed by atoms with van der Waals surface area (Å²) in [6.07, 6.45) is 2.01. The Hall–Kier alpha value is -2.21. The fraction of sp³-hybridized carbons (Fsp3) is 0.308. The number of hydrogen-bond acceptors (Lipinski definition) is 4. The zero-order valence-corrected chi connectivity index (χ0v) is 10.8. The lowest BCUT2D eigenvalue weighted by Gasteiger charge is -2.09. The Kier molecular flexibility index (Phi) is 3.62. The van der Waals surface area contributed by atoms with Crippen molar-refractivity contribution in [3.05, 3.63) is 23.9 Å². The molecule has 1 atom stereocenters. The zero-order chi connectivity index (χ0) is 14.0. The number of ether oxygens (including phenoxy) is 2. The van der Waals surface area contributed by atoms with Gasteiger partial charge in [0.15, 0.2) is 11.5 Å². The van der Waals surface area contributed by atoms with Crippen molar-refractivity contribution in [3.8, 4) is 11.5 Å². The number of aromatic nitrogens is 1. The minimum atomic E-state index is -1.02. The highest BCUT2D eigenvalue weighted by molar-refractivity contribution is 5.87. The molecule has 1 aromatic carbocycles. The second kappa shape index (κ2) is 5.19. The maximum atomic E-state index is 10.8. The fourth-order valence-electron chi connectivity index (χ4n) is 2.00. The van der Waals surface area contributed by atoms with Gasteiger partial charge in [-0.25, -0.2) is 0 Å². The normalized spacial score (nSPS) is 12.4. The van der Waals surface area contributed by atoms with Crippen LogP contribution in [0.25, 0.3) is 10.9 Å². The summed E-state index contributed by atoms with van der Waals surface area (Å²) in [5, 5.41) is 9.74. The molecule has 0 spiro atoms. The Morgan fingerprint density at radius 3 is 2.58 bits per heavy atom. The van der Waals surface area contributed by atoms with E-state index in [1.807, 2.05) is 12.1 Å². The molecule has 0 aliphatic rings. The third-order valence-corrected chi connectivity index (χ3v) is 3.03. The minimum Gasteiger partial charge on any atom is -0.493 e. The molecule has 0 bridgehead atoms. The van der Waals surface area contributed by atoms with Gasteiger partial charge in [0, 0.05) is 29.6 Å². The van der Waals surface area contributed by atoms with E-state index in [0.717, 1.165) is 16.5 Å². The van der Waals surface area contributed by atoms with Gasteiger partial charge in [0.1, 0.15) is 6.04 Å². The van der Waals surface area contributed by atoms with E-state index in [0.29, 0.717) is 11.5 Å². The summed E-state index contributed by atoms with van der Waals surface area (Å²) in [5.74, 6) is 0.195. The van der Waals surface area contributed by atoms with Crippen molar-refractivity contribution in [2.24, 2.45) is 5.73 Å². The van der Waals surface area contributed by atoms with Gasteiger partial charge in [-0.15, -0.1) is 0 Å². The summed E-state index contributed by atoms with van der Waals surface area (Å²) >= 11 is 0. The molecule has 0 unspecified atom stereocenters. The van der Waals surface area contributed by atoms with Gasteiger partial charge in [0.25, 0.3) is 0 Å². The molecule has 1 heterocycles. The van der Waals surface area contributed by atoms with Gasteiger partial charge in [-0.3, -0.25) is 4.79 Å². The van der Waals surface area contributed by atoms with Crippen LogP contribution in [0.3, 0.4) is 0 Å². The maximum absolute atomic E-state index is 10.8. The molecule has 19 heavy (non-hydrogen) atoms. The van der Waals surface area contributed by atoms with Crippen molar-refractivity contribution in [2.45, 2.75) is 12.5 Å². The number of H-pyrrole nitrogens is 1. The zero-order valence-electron chi connectivity index (χ0n) is 10.8. The molecule has 6 nitrogen and oxygen atoms in total. The largest absolute Gasteiger partial charge is 0.493 e. The van der Waals surface area contributed by atoms with Crippen LogP contribution in [0.15, 0.2) is 18.3 Å². The lowest BCUT2D eigenvalue weighted by Crippen LogP contribution is -2.32. The molecule has 0 aliphatic heterocycles. The van der Waals surface area contributed by atoms with Crippen molar-refractivity contribution < 1.29 is 19.4 Å². The number of rotatable bonds is 5. The molecular formula is C13H16N2O4. The summed E-state index contributed by atoms with van der Waals surface area (Å²) < 4.78 is 10.4. The van der Waals surface area contributed by atoms with Crippen LogP contribution in [0.4, 0.5) is 0 Å². The number of hydrogen-bond donors (Lipinski definition) is 3. The third-order valence-electron chi connectivity index (χ3n) is 3.03. The molecule has 1 aromatic heterocycles. The van der Waals surface area contributed by atoms with Crippen LogP contribution < -0.4 is 15.2 Å². The molecule has 2 aromatic rings. The van der Waals surface area contributed by atoms with Crippen molar-refractivity contribution >= 4 is 16.9 Å². The summed E-state index contributed by atoms with van der Waals surface area (Å²) in [6, 6.07) is 2.70. The highest BCUT2D eigenvalue weighted by Gasteiger charge is 2.16. The van der Waals surface area contributed by atoms with E-state index in [-0.39, 0.29) is 6.42 Å². The number of carboxylic acids is 1. The van der Waals surface area contributed by atoms with Crippen LogP contribution in [0.2, 0.25) is 0 Å². The van der Waals surface area contributed by atoms with Crippen molar-refractivity contribution in [1.29, 1.82) is 0 Å². The van der Waals surface area contributed by atoms with Crippen molar-refractivity contribution in [3.63, 3.8) is 0 Å². The quantitative estimate of drug-likeness (QED) is 0.752. The predicted octanol–water partition coefficient (Wildman–Crippen LogP) is 1.14. The molecular weight excluding hydrogens is 248 g/mol. The van der Waals surface area contributed by atoms with E-state index < -0.39 is 12.0 Å². The summed E-state index contributed by atoms with van der Waals surface area (Å²) in [7, 11) is 3.12. The molecule has 0 saturated heterocycles. The second-order valence-corrected chi connectivity index (χ2v) is 4.22. The molecule has 0 radical (unpaired) electrons. The molecule has 0 aliphatic carbocycles. The average molecular weight is 264 g/mol. The van der Waals surface area contributed by atoms with E-state index in [1.165, 1.54) is 0 Å². The first kappa shape index (κ1) is 13.2. The lowest BCUT2D eigenvalue weighted by molar-refractivity contribution is -0.138. The molecule has 102 valence electrons. The number of carbonyl (C=O) groups is 1. The SMILES string of the molecule is COc1cc2[nH]cc(C[C@H](N)C(=O)O)c2cc1OC. The van der Waals surface area contributed by atoms with E-state index in [2.05, 4.69) is 4.98 Å². The average Bonchev–Trinajstić information content (AvgIpc) is 2.79. The maximum Gasteiger partial charge on any atom is 0.320 e. The van der Waals surface area contributed by atoms with Crippen LogP contribution in [-0.4, -0.2) is 36.3 Å². The van der Waals surface area contributed by atoms with Gasteiger partial charge >= 0.3 is 5.97 Å². The molecule has 2 rings (SSSR count). The van der Waals surface area contributed by atoms with Crippen LogP contribution >= 0.6 is 0 Å². The van der Waals surface area contributed by atoms with Crippen molar-refractivity contribution in [2.75, 3.05) is 14.2 Å². The smallest absolute Gasteiger partial charge is 0.320 e. The van der Waals surface area contributed by atoms with Crippen molar-refractivity contribution in [1.82, 2.24) is 4.98 Å². The lowest BCUT2D eigenvalue weighted by atomic mass is 10.1.